The number of nitrogens with one attached hydrogen (secondary N) is 1. The highest BCUT2D eigenvalue weighted by atomic mass is 35.5. The van der Waals surface area contributed by atoms with E-state index in [2.05, 4.69) is 15.6 Å². The number of amides is 1. The van der Waals surface area contributed by atoms with Crippen LogP contribution in [0.25, 0.3) is 16.9 Å². The molecule has 0 aliphatic rings. The molecule has 0 radical (unpaired) electrons. The number of halogens is 1. The van der Waals surface area contributed by atoms with Gasteiger partial charge in [-0.2, -0.15) is 0 Å². The van der Waals surface area contributed by atoms with Crippen molar-refractivity contribution in [1.29, 1.82) is 0 Å². The summed E-state index contributed by atoms with van der Waals surface area (Å²) in [5, 5.41) is 11.7. The van der Waals surface area contributed by atoms with Crippen molar-refractivity contribution in [3.8, 4) is 22.7 Å². The number of methoxy groups -OCH3 is 1. The van der Waals surface area contributed by atoms with Crippen molar-refractivity contribution in [1.82, 2.24) is 15.0 Å². The summed E-state index contributed by atoms with van der Waals surface area (Å²) in [6.07, 6.45) is 1.69. The molecule has 144 valence electrons. The molecule has 29 heavy (non-hydrogen) atoms. The zero-order valence-corrected chi connectivity index (χ0v) is 16.3. The molecule has 0 aliphatic carbocycles. The van der Waals surface area contributed by atoms with E-state index in [1.807, 2.05) is 36.4 Å². The second-order valence-electron chi connectivity index (χ2n) is 6.27. The Balaban J connectivity index is 1.53. The predicted molar refractivity (Wildman–Crippen MR) is 113 cm³/mol. The molecule has 0 bridgehead atoms. The molecular weight excluding hydrogens is 388 g/mol. The maximum Gasteiger partial charge on any atom is 0.255 e. The summed E-state index contributed by atoms with van der Waals surface area (Å²) < 4.78 is 6.84. The second kappa shape index (κ2) is 8.16. The first-order chi connectivity index (χ1) is 14.1. The van der Waals surface area contributed by atoms with Gasteiger partial charge in [-0.15, -0.1) is 5.10 Å². The van der Waals surface area contributed by atoms with Crippen molar-refractivity contribution in [3.05, 3.63) is 89.6 Å². The smallest absolute Gasteiger partial charge is 0.255 e. The quantitative estimate of drug-likeness (QED) is 0.516. The highest BCUT2D eigenvalue weighted by Crippen LogP contribution is 2.23. The SMILES string of the molecule is COc1ccc(NC(=O)c2ccc(-n3nncc3-c3ccc(Cl)cc3)cc2)cc1. The van der Waals surface area contributed by atoms with Crippen molar-refractivity contribution in [2.45, 2.75) is 0 Å². The maximum absolute atomic E-state index is 12.5. The van der Waals surface area contributed by atoms with E-state index in [0.717, 1.165) is 22.7 Å². The van der Waals surface area contributed by atoms with Crippen molar-refractivity contribution >= 4 is 23.2 Å². The lowest BCUT2D eigenvalue weighted by Crippen LogP contribution is -2.12. The number of carbonyl (C=O) groups is 1. The van der Waals surface area contributed by atoms with Crippen LogP contribution in [0.15, 0.2) is 79.0 Å². The van der Waals surface area contributed by atoms with Crippen LogP contribution in [0.1, 0.15) is 10.4 Å². The van der Waals surface area contributed by atoms with Gasteiger partial charge in [0.25, 0.3) is 5.91 Å². The summed E-state index contributed by atoms with van der Waals surface area (Å²) in [5.74, 6) is 0.537. The number of aromatic nitrogens is 3. The molecule has 0 atom stereocenters. The molecule has 1 heterocycles. The Hall–Kier alpha value is -3.64. The Labute approximate surface area is 172 Å². The summed E-state index contributed by atoms with van der Waals surface area (Å²) in [6.45, 7) is 0. The number of hydrogen-bond donors (Lipinski definition) is 1. The summed E-state index contributed by atoms with van der Waals surface area (Å²) in [6, 6.07) is 21.8. The van der Waals surface area contributed by atoms with Crippen LogP contribution < -0.4 is 10.1 Å². The standard InChI is InChI=1S/C22H17ClN4O2/c1-29-20-12-8-18(9-13-20)25-22(28)16-4-10-19(11-5-16)27-21(14-24-26-27)15-2-6-17(23)7-3-15/h2-14H,1H3,(H,25,28). The topological polar surface area (TPSA) is 69.0 Å². The number of carbonyl (C=O) groups excluding carboxylic acids is 1. The normalized spacial score (nSPS) is 10.6. The number of rotatable bonds is 5. The minimum absolute atomic E-state index is 0.196. The lowest BCUT2D eigenvalue weighted by atomic mass is 10.1. The third kappa shape index (κ3) is 4.12. The predicted octanol–water partition coefficient (Wildman–Crippen LogP) is 4.85. The highest BCUT2D eigenvalue weighted by molar-refractivity contribution is 6.30. The molecule has 0 unspecified atom stereocenters. The molecule has 7 heteroatoms. The van der Waals surface area contributed by atoms with E-state index in [9.17, 15) is 4.79 Å². The summed E-state index contributed by atoms with van der Waals surface area (Å²) in [5.41, 5.74) is 3.81. The zero-order chi connectivity index (χ0) is 20.2. The molecule has 0 saturated carbocycles. The Morgan fingerprint density at radius 2 is 1.66 bits per heavy atom. The van der Waals surface area contributed by atoms with Gasteiger partial charge in [-0.3, -0.25) is 4.79 Å². The molecule has 4 rings (SSSR count). The van der Waals surface area contributed by atoms with Gasteiger partial charge in [0.2, 0.25) is 0 Å². The van der Waals surface area contributed by atoms with Crippen LogP contribution >= 0.6 is 11.6 Å². The van der Waals surface area contributed by atoms with Crippen LogP contribution in [0.2, 0.25) is 5.02 Å². The number of nitrogens with zero attached hydrogens (tertiary/aromatic N) is 3. The Kier molecular flexibility index (Phi) is 5.27. The molecule has 0 spiro atoms. The van der Waals surface area contributed by atoms with Gasteiger partial charge in [0.05, 0.1) is 24.7 Å². The minimum Gasteiger partial charge on any atom is -0.497 e. The fourth-order valence-corrected chi connectivity index (χ4v) is 3.00. The molecule has 0 fully saturated rings. The van der Waals surface area contributed by atoms with Crippen LogP contribution in [0.5, 0.6) is 5.75 Å². The van der Waals surface area contributed by atoms with E-state index < -0.39 is 0 Å². The molecule has 0 saturated heterocycles. The van der Waals surface area contributed by atoms with Gasteiger partial charge in [-0.05, 0) is 60.7 Å². The van der Waals surface area contributed by atoms with Crippen molar-refractivity contribution < 1.29 is 9.53 Å². The zero-order valence-electron chi connectivity index (χ0n) is 15.5. The van der Waals surface area contributed by atoms with Crippen molar-refractivity contribution in [2.75, 3.05) is 12.4 Å². The fourth-order valence-electron chi connectivity index (χ4n) is 2.87. The third-order valence-corrected chi connectivity index (χ3v) is 4.66. The number of benzene rings is 3. The van der Waals surface area contributed by atoms with E-state index in [1.165, 1.54) is 0 Å². The van der Waals surface area contributed by atoms with Crippen LogP contribution in [0.3, 0.4) is 0 Å². The van der Waals surface area contributed by atoms with Crippen LogP contribution in [0, 0.1) is 0 Å². The number of hydrogen-bond acceptors (Lipinski definition) is 4. The number of anilines is 1. The molecule has 1 aromatic heterocycles. The van der Waals surface area contributed by atoms with Gasteiger partial charge in [0.15, 0.2) is 0 Å². The average Bonchev–Trinajstić information content (AvgIpc) is 3.25. The maximum atomic E-state index is 12.5. The molecular formula is C22H17ClN4O2. The Bertz CT molecular complexity index is 1120. The first-order valence-electron chi connectivity index (χ1n) is 8.86. The average molecular weight is 405 g/mol. The Morgan fingerprint density at radius 1 is 0.966 bits per heavy atom. The molecule has 3 aromatic carbocycles. The molecule has 4 aromatic rings. The van der Waals surface area contributed by atoms with Crippen molar-refractivity contribution in [3.63, 3.8) is 0 Å². The monoisotopic (exact) mass is 404 g/mol. The Morgan fingerprint density at radius 3 is 2.31 bits per heavy atom. The van der Waals surface area contributed by atoms with Crippen LogP contribution in [-0.2, 0) is 0 Å². The van der Waals surface area contributed by atoms with Gasteiger partial charge in [-0.1, -0.05) is 28.9 Å². The first-order valence-corrected chi connectivity index (χ1v) is 9.24. The van der Waals surface area contributed by atoms with Crippen LogP contribution in [-0.4, -0.2) is 28.0 Å². The van der Waals surface area contributed by atoms with E-state index in [1.54, 1.807) is 54.4 Å². The summed E-state index contributed by atoms with van der Waals surface area (Å²) in [7, 11) is 1.60. The van der Waals surface area contributed by atoms with E-state index >= 15 is 0 Å². The highest BCUT2D eigenvalue weighted by Gasteiger charge is 2.11. The summed E-state index contributed by atoms with van der Waals surface area (Å²) in [4.78, 5) is 12.5. The second-order valence-corrected chi connectivity index (χ2v) is 6.70. The molecule has 1 amide bonds. The van der Waals surface area contributed by atoms with E-state index in [4.69, 9.17) is 16.3 Å². The lowest BCUT2D eigenvalue weighted by Gasteiger charge is -2.09. The van der Waals surface area contributed by atoms with E-state index in [-0.39, 0.29) is 5.91 Å². The van der Waals surface area contributed by atoms with Crippen LogP contribution in [0.4, 0.5) is 5.69 Å². The lowest BCUT2D eigenvalue weighted by molar-refractivity contribution is 0.102. The summed E-state index contributed by atoms with van der Waals surface area (Å²) >= 11 is 5.97. The van der Waals surface area contributed by atoms with Gasteiger partial charge >= 0.3 is 0 Å². The van der Waals surface area contributed by atoms with E-state index in [0.29, 0.717) is 16.3 Å². The van der Waals surface area contributed by atoms with Gasteiger partial charge < -0.3 is 10.1 Å². The third-order valence-electron chi connectivity index (χ3n) is 4.41. The largest absolute Gasteiger partial charge is 0.497 e. The van der Waals surface area contributed by atoms with Gasteiger partial charge in [-0.25, -0.2) is 4.68 Å². The van der Waals surface area contributed by atoms with Gasteiger partial charge in [0.1, 0.15) is 5.75 Å². The molecule has 1 N–H and O–H groups in total. The number of ether oxygens (including phenoxy) is 1. The molecule has 0 aliphatic heterocycles. The minimum atomic E-state index is -0.196. The fraction of sp³-hybridized carbons (Fsp3) is 0.0455. The first kappa shape index (κ1) is 18.7. The van der Waals surface area contributed by atoms with Gasteiger partial charge in [0, 0.05) is 21.8 Å². The van der Waals surface area contributed by atoms with Crippen molar-refractivity contribution in [2.24, 2.45) is 0 Å². The molecule has 6 nitrogen and oxygen atoms in total.